The molecule has 0 aliphatic carbocycles. The van der Waals surface area contributed by atoms with Crippen LogP contribution in [0.5, 0.6) is 0 Å². The molecular formula is C24H25N3O3. The standard InChI is InChI=1S/C24H25N3O3/c1-5-24(3,4)30-23(29)27-18-11-7-9-15-12-19(26-21(15)18)22(28)20-13-16-14(2)8-6-10-17(16)25-20/h6-13,25-26H,5H2,1-4H3,(H,27,29). The summed E-state index contributed by atoms with van der Waals surface area (Å²) in [6.07, 6.45) is 0.179. The minimum Gasteiger partial charge on any atom is -0.443 e. The molecule has 0 saturated carbocycles. The van der Waals surface area contributed by atoms with E-state index in [0.717, 1.165) is 21.9 Å². The average molecular weight is 403 g/mol. The molecule has 6 nitrogen and oxygen atoms in total. The summed E-state index contributed by atoms with van der Waals surface area (Å²) in [5, 5.41) is 4.64. The molecule has 154 valence electrons. The number of para-hydroxylation sites is 1. The Morgan fingerprint density at radius 2 is 1.77 bits per heavy atom. The highest BCUT2D eigenvalue weighted by atomic mass is 16.6. The van der Waals surface area contributed by atoms with Gasteiger partial charge in [0.25, 0.3) is 0 Å². The van der Waals surface area contributed by atoms with Crippen LogP contribution in [0.1, 0.15) is 48.9 Å². The van der Waals surface area contributed by atoms with Gasteiger partial charge in [-0.3, -0.25) is 10.1 Å². The number of anilines is 1. The number of H-pyrrole nitrogens is 2. The summed E-state index contributed by atoms with van der Waals surface area (Å²) < 4.78 is 5.47. The van der Waals surface area contributed by atoms with Crippen LogP contribution in [-0.2, 0) is 4.74 Å². The third-order valence-corrected chi connectivity index (χ3v) is 5.48. The van der Waals surface area contributed by atoms with Gasteiger partial charge in [-0.05, 0) is 57.0 Å². The van der Waals surface area contributed by atoms with Crippen LogP contribution in [0.25, 0.3) is 21.8 Å². The Balaban J connectivity index is 1.64. The first-order chi connectivity index (χ1) is 14.3. The Hall–Kier alpha value is -3.54. The van der Waals surface area contributed by atoms with Crippen LogP contribution >= 0.6 is 0 Å². The van der Waals surface area contributed by atoms with Gasteiger partial charge in [-0.25, -0.2) is 4.79 Å². The Morgan fingerprint density at radius 1 is 1.03 bits per heavy atom. The van der Waals surface area contributed by atoms with E-state index in [-0.39, 0.29) is 5.78 Å². The highest BCUT2D eigenvalue weighted by molar-refractivity contribution is 6.12. The number of aromatic amines is 2. The fraction of sp³-hybridized carbons (Fsp3) is 0.250. The normalized spacial score (nSPS) is 11.7. The summed E-state index contributed by atoms with van der Waals surface area (Å²) in [6, 6.07) is 15.1. The predicted molar refractivity (Wildman–Crippen MR) is 119 cm³/mol. The predicted octanol–water partition coefficient (Wildman–Crippen LogP) is 5.93. The zero-order valence-corrected chi connectivity index (χ0v) is 17.6. The van der Waals surface area contributed by atoms with Crippen molar-refractivity contribution < 1.29 is 14.3 Å². The molecule has 0 aliphatic rings. The van der Waals surface area contributed by atoms with Gasteiger partial charge in [0.05, 0.1) is 22.6 Å². The van der Waals surface area contributed by atoms with Gasteiger partial charge in [-0.15, -0.1) is 0 Å². The first-order valence-corrected chi connectivity index (χ1v) is 10.0. The van der Waals surface area contributed by atoms with E-state index in [4.69, 9.17) is 4.74 Å². The maximum Gasteiger partial charge on any atom is 0.412 e. The molecule has 0 unspecified atom stereocenters. The van der Waals surface area contributed by atoms with E-state index in [1.54, 1.807) is 12.1 Å². The van der Waals surface area contributed by atoms with Crippen molar-refractivity contribution in [1.29, 1.82) is 0 Å². The van der Waals surface area contributed by atoms with Gasteiger partial charge in [0.1, 0.15) is 5.60 Å². The Kier molecular flexibility index (Phi) is 4.86. The topological polar surface area (TPSA) is 87.0 Å². The lowest BCUT2D eigenvalue weighted by molar-refractivity contribution is 0.0462. The Bertz CT molecular complexity index is 1260. The van der Waals surface area contributed by atoms with Gasteiger partial charge in [0.15, 0.2) is 0 Å². The van der Waals surface area contributed by atoms with Gasteiger partial charge >= 0.3 is 6.09 Å². The molecule has 2 heterocycles. The molecule has 0 bridgehead atoms. The van der Waals surface area contributed by atoms with Gasteiger partial charge in [0, 0.05) is 16.3 Å². The smallest absolute Gasteiger partial charge is 0.412 e. The number of rotatable bonds is 5. The molecule has 30 heavy (non-hydrogen) atoms. The highest BCUT2D eigenvalue weighted by Gasteiger charge is 2.21. The quantitative estimate of drug-likeness (QED) is 0.361. The Labute approximate surface area is 174 Å². The third-order valence-electron chi connectivity index (χ3n) is 5.48. The number of amides is 1. The lowest BCUT2D eigenvalue weighted by Gasteiger charge is -2.23. The highest BCUT2D eigenvalue weighted by Crippen LogP contribution is 2.27. The number of nitrogens with one attached hydrogen (secondary N) is 3. The maximum atomic E-state index is 13.1. The van der Waals surface area contributed by atoms with Crippen molar-refractivity contribution >= 4 is 39.4 Å². The van der Waals surface area contributed by atoms with Crippen LogP contribution < -0.4 is 5.32 Å². The summed E-state index contributed by atoms with van der Waals surface area (Å²) in [6.45, 7) is 7.70. The van der Waals surface area contributed by atoms with Crippen LogP contribution in [0.15, 0.2) is 48.5 Å². The summed E-state index contributed by atoms with van der Waals surface area (Å²) >= 11 is 0. The molecule has 0 saturated heterocycles. The van der Waals surface area contributed by atoms with Crippen molar-refractivity contribution in [2.24, 2.45) is 0 Å². The number of ether oxygens (including phenoxy) is 1. The number of hydrogen-bond acceptors (Lipinski definition) is 3. The summed E-state index contributed by atoms with van der Waals surface area (Å²) in [7, 11) is 0. The Morgan fingerprint density at radius 3 is 2.50 bits per heavy atom. The number of aromatic nitrogens is 2. The zero-order valence-electron chi connectivity index (χ0n) is 17.6. The first kappa shape index (κ1) is 19.8. The second-order valence-corrected chi connectivity index (χ2v) is 8.13. The molecule has 1 amide bonds. The van der Waals surface area contributed by atoms with E-state index in [0.29, 0.717) is 29.0 Å². The monoisotopic (exact) mass is 403 g/mol. The maximum absolute atomic E-state index is 13.1. The number of carbonyl (C=O) groups excluding carboxylic acids is 2. The molecule has 0 atom stereocenters. The lowest BCUT2D eigenvalue weighted by Crippen LogP contribution is -2.29. The third kappa shape index (κ3) is 3.68. The van der Waals surface area contributed by atoms with E-state index in [2.05, 4.69) is 15.3 Å². The minimum absolute atomic E-state index is 0.137. The van der Waals surface area contributed by atoms with E-state index in [9.17, 15) is 9.59 Å². The van der Waals surface area contributed by atoms with Gasteiger partial charge in [-0.1, -0.05) is 31.2 Å². The van der Waals surface area contributed by atoms with Crippen molar-refractivity contribution in [3.8, 4) is 0 Å². The molecule has 4 rings (SSSR count). The van der Waals surface area contributed by atoms with Crippen LogP contribution in [0.4, 0.5) is 10.5 Å². The van der Waals surface area contributed by atoms with Crippen molar-refractivity contribution in [1.82, 2.24) is 9.97 Å². The van der Waals surface area contributed by atoms with Crippen molar-refractivity contribution in [2.75, 3.05) is 5.32 Å². The summed E-state index contributed by atoms with van der Waals surface area (Å²) in [5.74, 6) is -0.137. The molecule has 0 fully saturated rings. The van der Waals surface area contributed by atoms with E-state index in [1.165, 1.54) is 0 Å². The van der Waals surface area contributed by atoms with E-state index in [1.807, 2.05) is 64.1 Å². The second-order valence-electron chi connectivity index (χ2n) is 8.13. The zero-order chi connectivity index (χ0) is 21.5. The number of ketones is 1. The number of benzene rings is 2. The molecule has 2 aromatic carbocycles. The fourth-order valence-electron chi connectivity index (χ4n) is 3.42. The molecule has 6 heteroatoms. The SMILES string of the molecule is CCC(C)(C)OC(=O)Nc1cccc2cc(C(=O)c3cc4c(C)cccc4[nH]3)[nH]c12. The van der Waals surface area contributed by atoms with Crippen LogP contribution in [0.2, 0.25) is 0 Å². The largest absolute Gasteiger partial charge is 0.443 e. The van der Waals surface area contributed by atoms with Crippen molar-refractivity contribution in [3.63, 3.8) is 0 Å². The molecule has 3 N–H and O–H groups in total. The number of fused-ring (bicyclic) bond motifs is 2. The summed E-state index contributed by atoms with van der Waals surface area (Å²) in [5.41, 5.74) is 3.70. The van der Waals surface area contributed by atoms with Crippen LogP contribution in [0, 0.1) is 6.92 Å². The number of aryl methyl sites for hydroxylation is 1. The number of hydrogen-bond donors (Lipinski definition) is 3. The van der Waals surface area contributed by atoms with E-state index < -0.39 is 11.7 Å². The molecule has 4 aromatic rings. The van der Waals surface area contributed by atoms with Crippen molar-refractivity contribution in [3.05, 3.63) is 65.5 Å². The number of carbonyl (C=O) groups is 2. The lowest BCUT2D eigenvalue weighted by atomic mass is 10.1. The van der Waals surface area contributed by atoms with Crippen LogP contribution in [-0.4, -0.2) is 27.4 Å². The molecule has 2 aromatic heterocycles. The average Bonchev–Trinajstić information content (AvgIpc) is 3.32. The van der Waals surface area contributed by atoms with Gasteiger partial charge in [0.2, 0.25) is 5.78 Å². The second kappa shape index (κ2) is 7.37. The minimum atomic E-state index is -0.553. The molecule has 0 spiro atoms. The molecular weight excluding hydrogens is 378 g/mol. The van der Waals surface area contributed by atoms with Crippen molar-refractivity contribution in [2.45, 2.75) is 39.7 Å². The molecule has 0 radical (unpaired) electrons. The van der Waals surface area contributed by atoms with Gasteiger partial charge in [-0.2, -0.15) is 0 Å². The summed E-state index contributed by atoms with van der Waals surface area (Å²) in [4.78, 5) is 31.7. The first-order valence-electron chi connectivity index (χ1n) is 10.0. The molecule has 0 aliphatic heterocycles. The van der Waals surface area contributed by atoms with Crippen LogP contribution in [0.3, 0.4) is 0 Å². The fourth-order valence-corrected chi connectivity index (χ4v) is 3.42. The van der Waals surface area contributed by atoms with Gasteiger partial charge < -0.3 is 14.7 Å². The van der Waals surface area contributed by atoms with E-state index >= 15 is 0 Å².